The molecule has 0 aromatic heterocycles. The summed E-state index contributed by atoms with van der Waals surface area (Å²) < 4.78 is 4.93. The van der Waals surface area contributed by atoms with E-state index in [1.807, 2.05) is 38.1 Å². The van der Waals surface area contributed by atoms with E-state index < -0.39 is 0 Å². The minimum Gasteiger partial charge on any atom is -0.458 e. The second-order valence-corrected chi connectivity index (χ2v) is 3.81. The van der Waals surface area contributed by atoms with E-state index in [2.05, 4.69) is 6.58 Å². The van der Waals surface area contributed by atoms with Crippen LogP contribution in [0.15, 0.2) is 42.5 Å². The summed E-state index contributed by atoms with van der Waals surface area (Å²) in [5.74, 6) is -0.343. The Labute approximate surface area is 96.2 Å². The maximum absolute atomic E-state index is 11.3. The number of ether oxygens (including phenoxy) is 1. The van der Waals surface area contributed by atoms with Crippen LogP contribution >= 0.6 is 0 Å². The van der Waals surface area contributed by atoms with Gasteiger partial charge in [0, 0.05) is 6.08 Å². The average molecular weight is 216 g/mol. The Morgan fingerprint density at radius 2 is 2.25 bits per heavy atom. The third kappa shape index (κ3) is 4.60. The van der Waals surface area contributed by atoms with Gasteiger partial charge in [-0.1, -0.05) is 36.4 Å². The molecule has 0 bridgehead atoms. The number of rotatable bonds is 4. The fourth-order valence-electron chi connectivity index (χ4n) is 1.18. The van der Waals surface area contributed by atoms with Gasteiger partial charge in [0.1, 0.15) is 6.61 Å². The second kappa shape index (κ2) is 5.91. The van der Waals surface area contributed by atoms with Crippen LogP contribution in [0.25, 0.3) is 6.08 Å². The SMILES string of the molecule is C=C(C)COC(=O)/C=C/c1cccc(C)c1. The molecule has 0 aliphatic rings. The fourth-order valence-corrected chi connectivity index (χ4v) is 1.18. The molecule has 0 N–H and O–H groups in total. The highest BCUT2D eigenvalue weighted by Gasteiger charge is 1.96. The van der Waals surface area contributed by atoms with Crippen molar-refractivity contribution < 1.29 is 9.53 Å². The predicted octanol–water partition coefficient (Wildman–Crippen LogP) is 3.13. The Hall–Kier alpha value is -1.83. The summed E-state index contributed by atoms with van der Waals surface area (Å²) in [5.41, 5.74) is 2.99. The van der Waals surface area contributed by atoms with Gasteiger partial charge in [0.05, 0.1) is 0 Å². The van der Waals surface area contributed by atoms with E-state index in [1.165, 1.54) is 6.08 Å². The van der Waals surface area contributed by atoms with Crippen molar-refractivity contribution in [3.8, 4) is 0 Å². The van der Waals surface area contributed by atoms with Crippen LogP contribution in [-0.4, -0.2) is 12.6 Å². The van der Waals surface area contributed by atoms with Gasteiger partial charge in [-0.3, -0.25) is 0 Å². The van der Waals surface area contributed by atoms with E-state index in [4.69, 9.17) is 4.74 Å². The minimum absolute atomic E-state index is 0.275. The summed E-state index contributed by atoms with van der Waals surface area (Å²) in [6, 6.07) is 7.91. The molecule has 84 valence electrons. The molecule has 0 heterocycles. The van der Waals surface area contributed by atoms with Gasteiger partial charge in [-0.05, 0) is 31.1 Å². The molecule has 2 nitrogen and oxygen atoms in total. The van der Waals surface area contributed by atoms with E-state index >= 15 is 0 Å². The highest BCUT2D eigenvalue weighted by Crippen LogP contribution is 2.05. The molecule has 16 heavy (non-hydrogen) atoms. The lowest BCUT2D eigenvalue weighted by molar-refractivity contribution is -0.136. The maximum atomic E-state index is 11.3. The first-order chi connectivity index (χ1) is 7.58. The lowest BCUT2D eigenvalue weighted by atomic mass is 10.1. The molecule has 0 fully saturated rings. The molecule has 0 spiro atoms. The Morgan fingerprint density at radius 1 is 1.50 bits per heavy atom. The molecule has 0 saturated heterocycles. The van der Waals surface area contributed by atoms with E-state index in [0.29, 0.717) is 0 Å². The summed E-state index contributed by atoms with van der Waals surface area (Å²) in [6.07, 6.45) is 3.17. The zero-order valence-corrected chi connectivity index (χ0v) is 9.69. The molecule has 1 rings (SSSR count). The zero-order valence-electron chi connectivity index (χ0n) is 9.69. The van der Waals surface area contributed by atoms with Crippen molar-refractivity contribution >= 4 is 12.0 Å². The molecule has 0 unspecified atom stereocenters. The summed E-state index contributed by atoms with van der Waals surface area (Å²) in [7, 11) is 0. The van der Waals surface area contributed by atoms with Crippen molar-refractivity contribution in [3.05, 3.63) is 53.6 Å². The summed E-state index contributed by atoms with van der Waals surface area (Å²) in [4.78, 5) is 11.3. The quantitative estimate of drug-likeness (QED) is 0.439. The van der Waals surface area contributed by atoms with Gasteiger partial charge in [0.15, 0.2) is 0 Å². The van der Waals surface area contributed by atoms with Crippen molar-refractivity contribution in [1.29, 1.82) is 0 Å². The molecule has 0 atom stereocenters. The molecule has 0 radical (unpaired) electrons. The van der Waals surface area contributed by atoms with Gasteiger partial charge in [-0.15, -0.1) is 0 Å². The first kappa shape index (κ1) is 12.2. The van der Waals surface area contributed by atoms with Crippen LogP contribution in [-0.2, 0) is 9.53 Å². The third-order valence-corrected chi connectivity index (χ3v) is 1.91. The van der Waals surface area contributed by atoms with Crippen molar-refractivity contribution in [2.75, 3.05) is 6.61 Å². The van der Waals surface area contributed by atoms with Crippen molar-refractivity contribution in [2.24, 2.45) is 0 Å². The number of esters is 1. The summed E-state index contributed by atoms with van der Waals surface area (Å²) in [5, 5.41) is 0. The van der Waals surface area contributed by atoms with Crippen LogP contribution in [0.1, 0.15) is 18.1 Å². The van der Waals surface area contributed by atoms with Crippen LogP contribution in [0, 0.1) is 6.92 Å². The Bertz CT molecular complexity index is 416. The average Bonchev–Trinajstić information content (AvgIpc) is 2.23. The smallest absolute Gasteiger partial charge is 0.331 e. The monoisotopic (exact) mass is 216 g/mol. The highest BCUT2D eigenvalue weighted by atomic mass is 16.5. The van der Waals surface area contributed by atoms with Crippen LogP contribution in [0.4, 0.5) is 0 Å². The number of hydrogen-bond acceptors (Lipinski definition) is 2. The number of carbonyl (C=O) groups is 1. The zero-order chi connectivity index (χ0) is 12.0. The fraction of sp³-hybridized carbons (Fsp3) is 0.214. The number of benzene rings is 1. The van der Waals surface area contributed by atoms with Crippen LogP contribution in [0.5, 0.6) is 0 Å². The lowest BCUT2D eigenvalue weighted by Crippen LogP contribution is -2.02. The number of carbonyl (C=O) groups excluding carboxylic acids is 1. The maximum Gasteiger partial charge on any atom is 0.331 e. The first-order valence-electron chi connectivity index (χ1n) is 5.14. The standard InChI is InChI=1S/C14H16O2/c1-11(2)10-16-14(15)8-7-13-6-4-5-12(3)9-13/h4-9H,1,10H2,2-3H3/b8-7+. The van der Waals surface area contributed by atoms with Gasteiger partial charge in [-0.25, -0.2) is 4.79 Å². The van der Waals surface area contributed by atoms with Crippen LogP contribution in [0.2, 0.25) is 0 Å². The Kier molecular flexibility index (Phi) is 4.52. The summed E-state index contributed by atoms with van der Waals surface area (Å²) >= 11 is 0. The molecule has 0 saturated carbocycles. The van der Waals surface area contributed by atoms with E-state index in [1.54, 1.807) is 6.08 Å². The van der Waals surface area contributed by atoms with Crippen LogP contribution < -0.4 is 0 Å². The van der Waals surface area contributed by atoms with Gasteiger partial charge in [0.25, 0.3) is 0 Å². The van der Waals surface area contributed by atoms with E-state index in [0.717, 1.165) is 16.7 Å². The highest BCUT2D eigenvalue weighted by molar-refractivity contribution is 5.87. The summed E-state index contributed by atoms with van der Waals surface area (Å²) in [6.45, 7) is 7.76. The normalized spacial score (nSPS) is 10.4. The largest absolute Gasteiger partial charge is 0.458 e. The van der Waals surface area contributed by atoms with Crippen molar-refractivity contribution in [3.63, 3.8) is 0 Å². The molecule has 1 aromatic carbocycles. The molecule has 2 heteroatoms. The third-order valence-electron chi connectivity index (χ3n) is 1.91. The van der Waals surface area contributed by atoms with Crippen molar-refractivity contribution in [2.45, 2.75) is 13.8 Å². The van der Waals surface area contributed by atoms with Crippen LogP contribution in [0.3, 0.4) is 0 Å². The van der Waals surface area contributed by atoms with Gasteiger partial charge < -0.3 is 4.74 Å². The minimum atomic E-state index is -0.343. The Morgan fingerprint density at radius 3 is 2.88 bits per heavy atom. The molecule has 0 amide bonds. The Balaban J connectivity index is 2.53. The first-order valence-corrected chi connectivity index (χ1v) is 5.14. The molecular formula is C14H16O2. The molecule has 0 aliphatic carbocycles. The number of hydrogen-bond donors (Lipinski definition) is 0. The van der Waals surface area contributed by atoms with Gasteiger partial charge in [0.2, 0.25) is 0 Å². The van der Waals surface area contributed by atoms with Crippen molar-refractivity contribution in [1.82, 2.24) is 0 Å². The second-order valence-electron chi connectivity index (χ2n) is 3.81. The van der Waals surface area contributed by atoms with E-state index in [-0.39, 0.29) is 12.6 Å². The molecule has 0 aliphatic heterocycles. The molecule has 1 aromatic rings. The van der Waals surface area contributed by atoms with Gasteiger partial charge in [-0.2, -0.15) is 0 Å². The lowest BCUT2D eigenvalue weighted by Gasteiger charge is -2.00. The topological polar surface area (TPSA) is 26.3 Å². The number of aryl methyl sites for hydroxylation is 1. The molecular weight excluding hydrogens is 200 g/mol. The van der Waals surface area contributed by atoms with Gasteiger partial charge >= 0.3 is 5.97 Å². The predicted molar refractivity (Wildman–Crippen MR) is 66.0 cm³/mol. The van der Waals surface area contributed by atoms with E-state index in [9.17, 15) is 4.79 Å².